The van der Waals surface area contributed by atoms with Crippen LogP contribution in [0.2, 0.25) is 0 Å². The van der Waals surface area contributed by atoms with E-state index in [9.17, 15) is 19.4 Å². The van der Waals surface area contributed by atoms with Gasteiger partial charge in [-0.1, -0.05) is 193 Å². The Bertz CT molecular complexity index is 850. The van der Waals surface area contributed by atoms with Crippen LogP contribution in [-0.2, 0) is 18.4 Å². The van der Waals surface area contributed by atoms with Gasteiger partial charge in [0.25, 0.3) is 7.82 Å². The van der Waals surface area contributed by atoms with Crippen LogP contribution < -0.4 is 10.2 Å². The zero-order chi connectivity index (χ0) is 37.9. The number of nitrogens with one attached hydrogen (secondary N) is 1. The summed E-state index contributed by atoms with van der Waals surface area (Å²) in [6.07, 6.45) is 39.4. The summed E-state index contributed by atoms with van der Waals surface area (Å²) in [5.74, 6) is -0.206. The van der Waals surface area contributed by atoms with Crippen molar-refractivity contribution in [2.45, 2.75) is 212 Å². The molecular weight excluding hydrogens is 659 g/mol. The minimum Gasteiger partial charge on any atom is -0.756 e. The summed E-state index contributed by atoms with van der Waals surface area (Å²) in [5, 5.41) is 13.4. The molecule has 0 saturated heterocycles. The van der Waals surface area contributed by atoms with Crippen LogP contribution in [0.5, 0.6) is 0 Å². The molecule has 0 aliphatic heterocycles. The van der Waals surface area contributed by atoms with Crippen molar-refractivity contribution in [2.24, 2.45) is 0 Å². The molecule has 0 spiro atoms. The lowest BCUT2D eigenvalue weighted by molar-refractivity contribution is -0.870. The number of nitrogens with zero attached hydrogens (tertiary/aromatic N) is 1. The summed E-state index contributed by atoms with van der Waals surface area (Å²) < 4.78 is 22.8. The molecule has 8 nitrogen and oxygen atoms in total. The number of hydrogen-bond donors (Lipinski definition) is 2. The second-order valence-corrected chi connectivity index (χ2v) is 17.5. The molecule has 304 valence electrons. The van der Waals surface area contributed by atoms with E-state index in [1.807, 2.05) is 34.1 Å². The number of aliphatic hydroxyl groups excluding tert-OH is 1. The monoisotopic (exact) mass is 745 g/mol. The summed E-state index contributed by atoms with van der Waals surface area (Å²) in [6, 6.07) is -0.876. The van der Waals surface area contributed by atoms with Crippen LogP contribution >= 0.6 is 7.82 Å². The third-order valence-corrected chi connectivity index (χ3v) is 10.7. The van der Waals surface area contributed by atoms with E-state index in [1.54, 1.807) is 6.08 Å². The van der Waals surface area contributed by atoms with Crippen molar-refractivity contribution in [3.8, 4) is 0 Å². The van der Waals surface area contributed by atoms with Gasteiger partial charge >= 0.3 is 0 Å². The van der Waals surface area contributed by atoms with Gasteiger partial charge in [0.2, 0.25) is 5.91 Å². The molecule has 2 N–H and O–H groups in total. The fourth-order valence-corrected chi connectivity index (χ4v) is 7.00. The summed E-state index contributed by atoms with van der Waals surface area (Å²) in [7, 11) is 1.26. The Morgan fingerprint density at radius 3 is 1.43 bits per heavy atom. The van der Waals surface area contributed by atoms with Crippen molar-refractivity contribution in [1.82, 2.24) is 5.32 Å². The van der Waals surface area contributed by atoms with Crippen molar-refractivity contribution in [1.29, 1.82) is 0 Å². The number of aliphatic hydroxyl groups is 1. The second-order valence-electron chi connectivity index (χ2n) is 16.1. The van der Waals surface area contributed by atoms with E-state index in [1.165, 1.54) is 148 Å². The van der Waals surface area contributed by atoms with Crippen molar-refractivity contribution in [3.63, 3.8) is 0 Å². The highest BCUT2D eigenvalue weighted by Gasteiger charge is 2.23. The van der Waals surface area contributed by atoms with Gasteiger partial charge in [-0.15, -0.1) is 0 Å². The van der Waals surface area contributed by atoms with Gasteiger partial charge in [-0.2, -0.15) is 0 Å². The van der Waals surface area contributed by atoms with Gasteiger partial charge < -0.3 is 28.8 Å². The molecular formula is C42H85N2O6P. The smallest absolute Gasteiger partial charge is 0.268 e. The van der Waals surface area contributed by atoms with Crippen molar-refractivity contribution < 1.29 is 32.9 Å². The van der Waals surface area contributed by atoms with E-state index in [0.29, 0.717) is 17.4 Å². The molecule has 0 aliphatic carbocycles. The molecule has 0 aromatic carbocycles. The van der Waals surface area contributed by atoms with Crippen LogP contribution in [0.3, 0.4) is 0 Å². The molecule has 1 amide bonds. The Morgan fingerprint density at radius 2 is 1.06 bits per heavy atom. The SMILES string of the molecule is CCC/C=C/C(O)C(COP(=O)([O-])OCC[N+](C)(C)C)NC(=O)CCCCCCCCCCCCCCCCCCCCCCCCCCCC. The number of hydrogen-bond acceptors (Lipinski definition) is 6. The molecule has 3 atom stereocenters. The van der Waals surface area contributed by atoms with Crippen LogP contribution in [0.15, 0.2) is 12.2 Å². The number of quaternary nitrogens is 1. The van der Waals surface area contributed by atoms with E-state index in [-0.39, 0.29) is 19.1 Å². The van der Waals surface area contributed by atoms with Crippen LogP contribution in [0.25, 0.3) is 0 Å². The molecule has 0 aromatic rings. The summed E-state index contributed by atoms with van der Waals surface area (Å²) in [4.78, 5) is 24.9. The molecule has 9 heteroatoms. The van der Waals surface area contributed by atoms with E-state index in [0.717, 1.165) is 32.1 Å². The number of carbonyl (C=O) groups excluding carboxylic acids is 1. The Balaban J connectivity index is 3.81. The van der Waals surface area contributed by atoms with Gasteiger partial charge in [-0.25, -0.2) is 0 Å². The number of amides is 1. The minimum absolute atomic E-state index is 0.000128. The first-order valence-electron chi connectivity index (χ1n) is 21.6. The largest absolute Gasteiger partial charge is 0.756 e. The van der Waals surface area contributed by atoms with Gasteiger partial charge in [0.05, 0.1) is 39.9 Å². The molecule has 51 heavy (non-hydrogen) atoms. The highest BCUT2D eigenvalue weighted by atomic mass is 31.2. The van der Waals surface area contributed by atoms with E-state index in [2.05, 4.69) is 12.2 Å². The number of phosphoric acid groups is 1. The first-order valence-corrected chi connectivity index (χ1v) is 23.0. The van der Waals surface area contributed by atoms with Gasteiger partial charge in [0, 0.05) is 6.42 Å². The number of carbonyl (C=O) groups is 1. The number of likely N-dealkylation sites (N-methyl/N-ethyl adjacent to an activating group) is 1. The van der Waals surface area contributed by atoms with E-state index >= 15 is 0 Å². The van der Waals surface area contributed by atoms with Gasteiger partial charge in [-0.05, 0) is 12.8 Å². The van der Waals surface area contributed by atoms with E-state index in [4.69, 9.17) is 9.05 Å². The topological polar surface area (TPSA) is 108 Å². The number of phosphoric ester groups is 1. The molecule has 0 aromatic heterocycles. The van der Waals surface area contributed by atoms with Gasteiger partial charge in [0.1, 0.15) is 13.2 Å². The quantitative estimate of drug-likeness (QED) is 0.0281. The standard InChI is InChI=1S/C42H85N2O6P/c1-6-8-10-11-12-13-14-15-16-17-18-19-20-21-22-23-24-25-26-27-28-29-30-31-32-34-36-42(46)43-40(41(45)35-33-9-7-2)39-50-51(47,48)49-38-37-44(3,4)5/h33,35,40-41,45H,6-32,34,36-39H2,1-5H3,(H-,43,46,47,48)/b35-33+. The van der Waals surface area contributed by atoms with Crippen LogP contribution in [0.4, 0.5) is 0 Å². The zero-order valence-corrected chi connectivity index (χ0v) is 35.2. The Labute approximate surface area is 316 Å². The maximum Gasteiger partial charge on any atom is 0.268 e. The highest BCUT2D eigenvalue weighted by molar-refractivity contribution is 7.45. The molecule has 0 fully saturated rings. The van der Waals surface area contributed by atoms with Crippen molar-refractivity contribution >= 4 is 13.7 Å². The maximum atomic E-state index is 12.6. The Morgan fingerprint density at radius 1 is 0.667 bits per heavy atom. The van der Waals surface area contributed by atoms with Crippen LogP contribution in [0, 0.1) is 0 Å². The molecule has 0 rings (SSSR count). The zero-order valence-electron chi connectivity index (χ0n) is 34.3. The number of rotatable bonds is 39. The first-order chi connectivity index (χ1) is 24.5. The lowest BCUT2D eigenvalue weighted by atomic mass is 10.0. The number of unbranched alkanes of at least 4 members (excludes halogenated alkanes) is 26. The van der Waals surface area contributed by atoms with E-state index < -0.39 is 20.0 Å². The van der Waals surface area contributed by atoms with Gasteiger partial charge in [0.15, 0.2) is 0 Å². The third-order valence-electron chi connectivity index (χ3n) is 9.73. The minimum atomic E-state index is -4.56. The fourth-order valence-electron chi connectivity index (χ4n) is 6.28. The normalized spacial score (nSPS) is 14.6. The molecule has 3 unspecified atom stereocenters. The predicted octanol–water partition coefficient (Wildman–Crippen LogP) is 10.9. The fraction of sp³-hybridized carbons (Fsp3) is 0.929. The molecule has 0 saturated carbocycles. The Kier molecular flexibility index (Phi) is 34.5. The third kappa shape index (κ3) is 37.4. The summed E-state index contributed by atoms with van der Waals surface area (Å²) >= 11 is 0. The van der Waals surface area contributed by atoms with Crippen molar-refractivity contribution in [3.05, 3.63) is 12.2 Å². The second kappa shape index (κ2) is 35.0. The lowest BCUT2D eigenvalue weighted by Crippen LogP contribution is -2.45. The predicted molar refractivity (Wildman–Crippen MR) is 215 cm³/mol. The number of allylic oxidation sites excluding steroid dienone is 1. The molecule has 0 aliphatic rings. The molecule has 0 radical (unpaired) electrons. The average Bonchev–Trinajstić information content (AvgIpc) is 3.07. The summed E-state index contributed by atoms with van der Waals surface area (Å²) in [6.45, 7) is 4.44. The summed E-state index contributed by atoms with van der Waals surface area (Å²) in [5.41, 5.74) is 0. The lowest BCUT2D eigenvalue weighted by Gasteiger charge is -2.29. The highest BCUT2D eigenvalue weighted by Crippen LogP contribution is 2.38. The van der Waals surface area contributed by atoms with Gasteiger partial charge in [-0.3, -0.25) is 9.36 Å². The van der Waals surface area contributed by atoms with Crippen molar-refractivity contribution in [2.75, 3.05) is 40.9 Å². The van der Waals surface area contributed by atoms with Crippen LogP contribution in [-0.4, -0.2) is 68.5 Å². The maximum absolute atomic E-state index is 12.6. The molecule has 0 bridgehead atoms. The Hall–Kier alpha value is -0.760. The first kappa shape index (κ1) is 50.2. The average molecular weight is 745 g/mol. The molecule has 0 heterocycles. The van der Waals surface area contributed by atoms with Crippen LogP contribution in [0.1, 0.15) is 200 Å².